The molecular formula is C20H28F3IN4O. The van der Waals surface area contributed by atoms with Crippen LogP contribution in [-0.2, 0) is 16.4 Å². The average molecular weight is 524 g/mol. The van der Waals surface area contributed by atoms with Crippen molar-refractivity contribution in [3.05, 3.63) is 35.4 Å². The third-order valence-corrected chi connectivity index (χ3v) is 5.60. The number of nitrogens with one attached hydrogen (secondary N) is 3. The number of amides is 1. The molecule has 0 saturated heterocycles. The minimum absolute atomic E-state index is 0. The number of carbonyl (C=O) groups excluding carboxylic acids is 1. The van der Waals surface area contributed by atoms with Gasteiger partial charge in [-0.15, -0.1) is 24.0 Å². The van der Waals surface area contributed by atoms with Crippen molar-refractivity contribution in [1.29, 1.82) is 0 Å². The van der Waals surface area contributed by atoms with E-state index in [0.29, 0.717) is 31.2 Å². The lowest BCUT2D eigenvalue weighted by atomic mass is 9.64. The third kappa shape index (κ3) is 6.23. The Morgan fingerprint density at radius 1 is 1.17 bits per heavy atom. The van der Waals surface area contributed by atoms with Gasteiger partial charge in [-0.2, -0.15) is 13.2 Å². The summed E-state index contributed by atoms with van der Waals surface area (Å²) >= 11 is 0. The Hall–Kier alpha value is -1.52. The monoisotopic (exact) mass is 524 g/mol. The van der Waals surface area contributed by atoms with Crippen molar-refractivity contribution in [2.75, 3.05) is 26.7 Å². The Labute approximate surface area is 186 Å². The zero-order chi connectivity index (χ0) is 20.2. The molecule has 1 amide bonds. The van der Waals surface area contributed by atoms with Gasteiger partial charge in [0.1, 0.15) is 0 Å². The molecule has 1 aromatic carbocycles. The van der Waals surface area contributed by atoms with Crippen LogP contribution in [0.15, 0.2) is 29.3 Å². The summed E-state index contributed by atoms with van der Waals surface area (Å²) in [4.78, 5) is 15.8. The Kier molecular flexibility index (Phi) is 8.18. The van der Waals surface area contributed by atoms with Gasteiger partial charge in [0.15, 0.2) is 5.96 Å². The molecule has 0 heterocycles. The van der Waals surface area contributed by atoms with Crippen molar-refractivity contribution < 1.29 is 18.0 Å². The van der Waals surface area contributed by atoms with Gasteiger partial charge in [-0.25, -0.2) is 0 Å². The minimum atomic E-state index is -4.34. The second-order valence-corrected chi connectivity index (χ2v) is 7.63. The highest BCUT2D eigenvalue weighted by atomic mass is 127. The van der Waals surface area contributed by atoms with Crippen LogP contribution in [-0.4, -0.2) is 38.5 Å². The van der Waals surface area contributed by atoms with Gasteiger partial charge in [-0.05, 0) is 37.3 Å². The molecule has 2 aliphatic rings. The fraction of sp³-hybridized carbons (Fsp3) is 0.600. The zero-order valence-corrected chi connectivity index (χ0v) is 18.8. The van der Waals surface area contributed by atoms with E-state index in [9.17, 15) is 18.0 Å². The highest BCUT2D eigenvalue weighted by molar-refractivity contribution is 14.0. The maximum absolute atomic E-state index is 13.1. The number of alkyl halides is 3. The highest BCUT2D eigenvalue weighted by Gasteiger charge is 2.40. The summed E-state index contributed by atoms with van der Waals surface area (Å²) < 4.78 is 39.2. The standard InChI is InChI=1S/C20H27F3N4O.HI/c1-24-18(26-11-10-25-17(28)14-6-7-14)27-13-19(8-3-9-19)15-4-2-5-16(12-15)20(21,22)23;/h2,4-5,12,14H,3,6-11,13H2,1H3,(H,25,28)(H2,24,26,27);1H. The summed E-state index contributed by atoms with van der Waals surface area (Å²) in [6.07, 6.45) is 0.291. The van der Waals surface area contributed by atoms with Crippen LogP contribution in [0, 0.1) is 5.92 Å². The average Bonchev–Trinajstić information content (AvgIpc) is 3.47. The normalized spacial score (nSPS) is 18.3. The number of benzene rings is 1. The largest absolute Gasteiger partial charge is 0.416 e. The van der Waals surface area contributed by atoms with Gasteiger partial charge in [0.2, 0.25) is 5.91 Å². The Balaban J connectivity index is 0.00000300. The number of hydrogen-bond donors (Lipinski definition) is 3. The van der Waals surface area contributed by atoms with E-state index in [1.807, 2.05) is 0 Å². The molecule has 2 fully saturated rings. The molecule has 3 N–H and O–H groups in total. The number of carbonyl (C=O) groups is 1. The van der Waals surface area contributed by atoms with E-state index in [2.05, 4.69) is 20.9 Å². The molecular weight excluding hydrogens is 496 g/mol. The lowest BCUT2D eigenvalue weighted by Gasteiger charge is -2.43. The number of nitrogens with zero attached hydrogens (tertiary/aromatic N) is 1. The van der Waals surface area contributed by atoms with E-state index in [1.165, 1.54) is 12.1 Å². The summed E-state index contributed by atoms with van der Waals surface area (Å²) in [6, 6.07) is 5.64. The first-order chi connectivity index (χ1) is 13.3. The fourth-order valence-corrected chi connectivity index (χ4v) is 3.53. The molecule has 1 aromatic rings. The van der Waals surface area contributed by atoms with Crippen LogP contribution < -0.4 is 16.0 Å². The molecule has 162 valence electrons. The van der Waals surface area contributed by atoms with E-state index in [1.54, 1.807) is 13.1 Å². The number of halogens is 4. The first-order valence-corrected chi connectivity index (χ1v) is 9.74. The molecule has 2 saturated carbocycles. The van der Waals surface area contributed by atoms with Gasteiger partial charge in [-0.1, -0.05) is 24.6 Å². The molecule has 3 rings (SSSR count). The lowest BCUT2D eigenvalue weighted by molar-refractivity contribution is -0.137. The quantitative estimate of drug-likeness (QED) is 0.222. The summed E-state index contributed by atoms with van der Waals surface area (Å²) in [5, 5.41) is 9.25. The van der Waals surface area contributed by atoms with Gasteiger partial charge < -0.3 is 16.0 Å². The van der Waals surface area contributed by atoms with Crippen LogP contribution in [0.25, 0.3) is 0 Å². The number of guanidine groups is 1. The molecule has 0 atom stereocenters. The van der Waals surface area contributed by atoms with Gasteiger partial charge in [0.25, 0.3) is 0 Å². The first kappa shape index (κ1) is 23.8. The van der Waals surface area contributed by atoms with Crippen molar-refractivity contribution in [1.82, 2.24) is 16.0 Å². The SMILES string of the molecule is CN=C(NCCNC(=O)C1CC1)NCC1(c2cccc(C(F)(F)F)c2)CCC1.I. The maximum atomic E-state index is 13.1. The minimum Gasteiger partial charge on any atom is -0.356 e. The molecule has 2 aliphatic carbocycles. The molecule has 0 radical (unpaired) electrons. The predicted molar refractivity (Wildman–Crippen MR) is 117 cm³/mol. The molecule has 29 heavy (non-hydrogen) atoms. The van der Waals surface area contributed by atoms with E-state index in [-0.39, 0.29) is 41.2 Å². The fourth-order valence-electron chi connectivity index (χ4n) is 3.53. The third-order valence-electron chi connectivity index (χ3n) is 5.60. The molecule has 0 aliphatic heterocycles. The summed E-state index contributed by atoms with van der Waals surface area (Å²) in [7, 11) is 1.65. The summed E-state index contributed by atoms with van der Waals surface area (Å²) in [6.45, 7) is 1.56. The van der Waals surface area contributed by atoms with E-state index >= 15 is 0 Å². The van der Waals surface area contributed by atoms with E-state index in [4.69, 9.17) is 0 Å². The number of hydrogen-bond acceptors (Lipinski definition) is 2. The summed E-state index contributed by atoms with van der Waals surface area (Å²) in [5.74, 6) is 0.866. The second-order valence-electron chi connectivity index (χ2n) is 7.63. The van der Waals surface area contributed by atoms with Crippen LogP contribution in [0.4, 0.5) is 13.2 Å². The predicted octanol–water partition coefficient (Wildman–Crippen LogP) is 3.44. The van der Waals surface area contributed by atoms with E-state index in [0.717, 1.165) is 38.2 Å². The molecule has 0 unspecified atom stereocenters. The zero-order valence-electron chi connectivity index (χ0n) is 16.4. The van der Waals surface area contributed by atoms with Crippen molar-refractivity contribution >= 4 is 35.8 Å². The van der Waals surface area contributed by atoms with Crippen molar-refractivity contribution in [3.8, 4) is 0 Å². The smallest absolute Gasteiger partial charge is 0.356 e. The number of rotatable bonds is 7. The Bertz CT molecular complexity index is 731. The van der Waals surface area contributed by atoms with Gasteiger partial charge in [0, 0.05) is 38.0 Å². The second kappa shape index (κ2) is 9.99. The molecule has 0 aromatic heterocycles. The Morgan fingerprint density at radius 2 is 1.86 bits per heavy atom. The van der Waals surface area contributed by atoms with Crippen LogP contribution in [0.1, 0.15) is 43.2 Å². The molecule has 0 bridgehead atoms. The molecule has 5 nitrogen and oxygen atoms in total. The maximum Gasteiger partial charge on any atom is 0.416 e. The lowest BCUT2D eigenvalue weighted by Crippen LogP contribution is -2.49. The van der Waals surface area contributed by atoms with Crippen LogP contribution in [0.2, 0.25) is 0 Å². The van der Waals surface area contributed by atoms with Crippen molar-refractivity contribution in [2.24, 2.45) is 10.9 Å². The van der Waals surface area contributed by atoms with Crippen LogP contribution >= 0.6 is 24.0 Å². The molecule has 9 heteroatoms. The number of aliphatic imine (C=N–C) groups is 1. The topological polar surface area (TPSA) is 65.5 Å². The van der Waals surface area contributed by atoms with Crippen LogP contribution in [0.5, 0.6) is 0 Å². The van der Waals surface area contributed by atoms with Crippen LogP contribution in [0.3, 0.4) is 0 Å². The van der Waals surface area contributed by atoms with E-state index < -0.39 is 11.7 Å². The highest BCUT2D eigenvalue weighted by Crippen LogP contribution is 2.44. The first-order valence-electron chi connectivity index (χ1n) is 9.74. The summed E-state index contributed by atoms with van der Waals surface area (Å²) in [5.41, 5.74) is -0.197. The van der Waals surface area contributed by atoms with Gasteiger partial charge in [0.05, 0.1) is 5.56 Å². The van der Waals surface area contributed by atoms with Crippen molar-refractivity contribution in [2.45, 2.75) is 43.7 Å². The molecule has 0 spiro atoms. The van der Waals surface area contributed by atoms with Gasteiger partial charge >= 0.3 is 6.18 Å². The van der Waals surface area contributed by atoms with Gasteiger partial charge in [-0.3, -0.25) is 9.79 Å². The Morgan fingerprint density at radius 3 is 2.41 bits per heavy atom. The van der Waals surface area contributed by atoms with Crippen molar-refractivity contribution in [3.63, 3.8) is 0 Å².